The molecule has 5 N–H and O–H groups in total. The normalized spacial score (nSPS) is 8.75. The van der Waals surface area contributed by atoms with Crippen LogP contribution < -0.4 is 11.5 Å². The number of benzene rings is 1. The van der Waals surface area contributed by atoms with E-state index < -0.39 is 0 Å². The van der Waals surface area contributed by atoms with E-state index in [1.54, 1.807) is 0 Å². The molecule has 1 aromatic rings. The van der Waals surface area contributed by atoms with Gasteiger partial charge in [-0.1, -0.05) is 41.8 Å². The summed E-state index contributed by atoms with van der Waals surface area (Å²) in [6.07, 6.45) is 0. The summed E-state index contributed by atoms with van der Waals surface area (Å²) in [6, 6.07) is 9.66. The first-order valence-corrected chi connectivity index (χ1v) is 5.52. The van der Waals surface area contributed by atoms with Gasteiger partial charge in [-0.25, -0.2) is 0 Å². The Morgan fingerprint density at radius 3 is 2.62 bits per heavy atom. The number of nitrogens with one attached hydrogen (secondary N) is 1. The van der Waals surface area contributed by atoms with Gasteiger partial charge in [-0.05, 0) is 12.1 Å². The van der Waals surface area contributed by atoms with Crippen LogP contribution in [0, 0.1) is 17.3 Å². The van der Waals surface area contributed by atoms with Gasteiger partial charge in [-0.3, -0.25) is 5.41 Å². The Labute approximate surface area is 98.6 Å². The summed E-state index contributed by atoms with van der Waals surface area (Å²) in [5.41, 5.74) is 11.2. The van der Waals surface area contributed by atoms with Gasteiger partial charge in [0.1, 0.15) is 0 Å². The van der Waals surface area contributed by atoms with Crippen molar-refractivity contribution in [2.75, 3.05) is 5.75 Å². The minimum Gasteiger partial charge on any atom is -0.370 e. The van der Waals surface area contributed by atoms with Crippen LogP contribution in [0.15, 0.2) is 35.3 Å². The second kappa shape index (κ2) is 6.53. The third-order valence-corrected chi connectivity index (χ3v) is 2.17. The van der Waals surface area contributed by atoms with Crippen LogP contribution in [-0.4, -0.2) is 16.9 Å². The fourth-order valence-corrected chi connectivity index (χ4v) is 1.36. The van der Waals surface area contributed by atoms with Gasteiger partial charge in [0.05, 0.1) is 5.75 Å². The van der Waals surface area contributed by atoms with E-state index in [9.17, 15) is 0 Å². The van der Waals surface area contributed by atoms with Crippen molar-refractivity contribution < 1.29 is 0 Å². The topological polar surface area (TPSA) is 88.2 Å². The molecule has 0 bridgehead atoms. The molecule has 82 valence electrons. The first-order valence-electron chi connectivity index (χ1n) is 4.53. The van der Waals surface area contributed by atoms with E-state index in [1.165, 1.54) is 11.8 Å². The second-order valence-electron chi connectivity index (χ2n) is 2.80. The monoisotopic (exact) mass is 232 g/mol. The molecule has 0 saturated heterocycles. The molecule has 0 unspecified atom stereocenters. The summed E-state index contributed by atoms with van der Waals surface area (Å²) in [6.45, 7) is 0. The maximum Gasteiger partial charge on any atom is 0.193 e. The van der Waals surface area contributed by atoms with E-state index in [0.717, 1.165) is 5.56 Å². The van der Waals surface area contributed by atoms with E-state index in [4.69, 9.17) is 16.9 Å². The van der Waals surface area contributed by atoms with Crippen molar-refractivity contribution in [1.29, 1.82) is 5.41 Å². The lowest BCUT2D eigenvalue weighted by atomic mass is 10.2. The van der Waals surface area contributed by atoms with E-state index in [-0.39, 0.29) is 11.1 Å². The van der Waals surface area contributed by atoms with Crippen LogP contribution in [0.5, 0.6) is 0 Å². The number of thioether (sulfide) groups is 1. The van der Waals surface area contributed by atoms with Crippen LogP contribution in [0.1, 0.15) is 5.56 Å². The summed E-state index contributed by atoms with van der Waals surface area (Å²) < 4.78 is 0. The Hall–Kier alpha value is -1.93. The van der Waals surface area contributed by atoms with Crippen LogP contribution in [0.4, 0.5) is 0 Å². The quantitative estimate of drug-likeness (QED) is 0.383. The van der Waals surface area contributed by atoms with E-state index in [0.29, 0.717) is 5.75 Å². The zero-order chi connectivity index (χ0) is 11.8. The maximum absolute atomic E-state index is 7.35. The molecule has 0 atom stereocenters. The lowest BCUT2D eigenvalue weighted by Gasteiger charge is -1.93. The zero-order valence-corrected chi connectivity index (χ0v) is 9.42. The number of rotatable bonds is 1. The van der Waals surface area contributed by atoms with Gasteiger partial charge in [0.2, 0.25) is 0 Å². The van der Waals surface area contributed by atoms with Gasteiger partial charge in [0, 0.05) is 5.56 Å². The summed E-state index contributed by atoms with van der Waals surface area (Å²) in [4.78, 5) is 3.57. The van der Waals surface area contributed by atoms with Gasteiger partial charge >= 0.3 is 0 Å². The molecule has 0 aromatic heterocycles. The summed E-state index contributed by atoms with van der Waals surface area (Å²) in [5, 5.41) is 7.42. The molecule has 0 fully saturated rings. The molecule has 0 aliphatic rings. The molecule has 0 aliphatic carbocycles. The number of aliphatic imine (C=N–C) groups is 1. The smallest absolute Gasteiger partial charge is 0.193 e. The third kappa shape index (κ3) is 5.08. The van der Waals surface area contributed by atoms with E-state index >= 15 is 0 Å². The molecule has 0 aliphatic heterocycles. The van der Waals surface area contributed by atoms with Crippen LogP contribution >= 0.6 is 11.8 Å². The number of guanidine groups is 1. The highest BCUT2D eigenvalue weighted by molar-refractivity contribution is 8.13. The molecular formula is C11H12N4S. The van der Waals surface area contributed by atoms with Crippen LogP contribution in [0.3, 0.4) is 0 Å². The number of nitrogens with two attached hydrogens (primary N) is 2. The molecular weight excluding hydrogens is 220 g/mol. The Morgan fingerprint density at radius 1 is 1.31 bits per heavy atom. The molecule has 0 heterocycles. The average molecular weight is 232 g/mol. The Bertz CT molecular complexity index is 438. The number of hydrogen-bond acceptors (Lipinski definition) is 2. The van der Waals surface area contributed by atoms with Gasteiger partial charge < -0.3 is 11.5 Å². The summed E-state index contributed by atoms with van der Waals surface area (Å²) in [5.74, 6) is 6.29. The van der Waals surface area contributed by atoms with Gasteiger partial charge in [0.15, 0.2) is 11.1 Å². The Morgan fingerprint density at radius 2 is 2.00 bits per heavy atom. The molecule has 1 rings (SSSR count). The molecule has 5 heteroatoms. The molecule has 4 nitrogen and oxygen atoms in total. The molecule has 1 aromatic carbocycles. The van der Waals surface area contributed by atoms with Crippen LogP contribution in [0.2, 0.25) is 0 Å². The van der Waals surface area contributed by atoms with E-state index in [1.807, 2.05) is 30.3 Å². The molecule has 0 saturated carbocycles. The number of amidine groups is 1. The maximum atomic E-state index is 7.35. The van der Waals surface area contributed by atoms with Gasteiger partial charge in [-0.15, -0.1) is 0 Å². The van der Waals surface area contributed by atoms with Crippen molar-refractivity contribution in [3.05, 3.63) is 35.9 Å². The standard InChI is InChI=1S/C11H12N4S/c12-10(13)15-11(14)16-8-4-7-9-5-2-1-3-6-9/h1-3,5-6H,8H2,(H5,12,13,14,15). The highest BCUT2D eigenvalue weighted by Crippen LogP contribution is 2.02. The van der Waals surface area contributed by atoms with Crippen molar-refractivity contribution in [3.63, 3.8) is 0 Å². The first-order chi connectivity index (χ1) is 7.68. The summed E-state index contributed by atoms with van der Waals surface area (Å²) >= 11 is 1.19. The largest absolute Gasteiger partial charge is 0.370 e. The van der Waals surface area contributed by atoms with Crippen molar-refractivity contribution in [1.82, 2.24) is 0 Å². The fraction of sp³-hybridized carbons (Fsp3) is 0.0909. The first kappa shape index (κ1) is 12.1. The second-order valence-corrected chi connectivity index (χ2v) is 3.76. The number of nitrogens with zero attached hydrogens (tertiary/aromatic N) is 1. The molecule has 0 radical (unpaired) electrons. The molecule has 16 heavy (non-hydrogen) atoms. The highest BCUT2D eigenvalue weighted by Gasteiger charge is 1.92. The average Bonchev–Trinajstić information content (AvgIpc) is 2.25. The minimum atomic E-state index is -0.103. The van der Waals surface area contributed by atoms with Crippen molar-refractivity contribution in [2.24, 2.45) is 16.5 Å². The van der Waals surface area contributed by atoms with E-state index in [2.05, 4.69) is 16.8 Å². The predicted octanol–water partition coefficient (Wildman–Crippen LogP) is 0.979. The SMILES string of the molecule is N=C(N=C(N)N)SCC#Cc1ccccc1. The van der Waals surface area contributed by atoms with Crippen molar-refractivity contribution >= 4 is 22.9 Å². The predicted molar refractivity (Wildman–Crippen MR) is 69.3 cm³/mol. The van der Waals surface area contributed by atoms with Crippen molar-refractivity contribution in [2.45, 2.75) is 0 Å². The zero-order valence-electron chi connectivity index (χ0n) is 8.60. The molecule has 0 amide bonds. The summed E-state index contributed by atoms with van der Waals surface area (Å²) in [7, 11) is 0. The van der Waals surface area contributed by atoms with Crippen molar-refractivity contribution in [3.8, 4) is 11.8 Å². The third-order valence-electron chi connectivity index (χ3n) is 1.52. The highest BCUT2D eigenvalue weighted by atomic mass is 32.2. The fourth-order valence-electron chi connectivity index (χ4n) is 0.914. The lowest BCUT2D eigenvalue weighted by molar-refractivity contribution is 1.44. The van der Waals surface area contributed by atoms with Crippen LogP contribution in [0.25, 0.3) is 0 Å². The number of hydrogen-bond donors (Lipinski definition) is 3. The minimum absolute atomic E-state index is 0.0716. The van der Waals surface area contributed by atoms with Gasteiger partial charge in [-0.2, -0.15) is 4.99 Å². The Balaban J connectivity index is 2.40. The molecule has 0 spiro atoms. The van der Waals surface area contributed by atoms with Gasteiger partial charge in [0.25, 0.3) is 0 Å². The lowest BCUT2D eigenvalue weighted by Crippen LogP contribution is -2.23. The Kier molecular flexibility index (Phi) is 4.96. The van der Waals surface area contributed by atoms with Crippen LogP contribution in [-0.2, 0) is 0 Å².